The summed E-state index contributed by atoms with van der Waals surface area (Å²) in [5, 5.41) is 8.85. The zero-order valence-corrected chi connectivity index (χ0v) is 10.2. The fourth-order valence-corrected chi connectivity index (χ4v) is 1.99. The Kier molecular flexibility index (Phi) is 6.42. The first-order valence-corrected chi connectivity index (χ1v) is 6.30. The molecule has 0 radical (unpaired) electrons. The van der Waals surface area contributed by atoms with Crippen molar-refractivity contribution in [2.45, 2.75) is 45.1 Å². The van der Waals surface area contributed by atoms with Gasteiger partial charge in [0.2, 0.25) is 0 Å². The SMILES string of the molecule is CCCCCCCN1CCOC(C(=O)O)C1. The van der Waals surface area contributed by atoms with Crippen molar-refractivity contribution < 1.29 is 14.6 Å². The van der Waals surface area contributed by atoms with Crippen LogP contribution in [0.4, 0.5) is 0 Å². The molecule has 1 atom stereocenters. The Bertz CT molecular complexity index is 208. The summed E-state index contributed by atoms with van der Waals surface area (Å²) in [6, 6.07) is 0. The number of nitrogens with zero attached hydrogens (tertiary/aromatic N) is 1. The average Bonchev–Trinajstić information content (AvgIpc) is 2.29. The van der Waals surface area contributed by atoms with Crippen LogP contribution in [-0.4, -0.2) is 48.3 Å². The van der Waals surface area contributed by atoms with E-state index < -0.39 is 12.1 Å². The maximum absolute atomic E-state index is 10.8. The first kappa shape index (κ1) is 13.5. The van der Waals surface area contributed by atoms with Crippen LogP contribution < -0.4 is 0 Å². The molecule has 1 heterocycles. The van der Waals surface area contributed by atoms with Gasteiger partial charge in [-0.15, -0.1) is 0 Å². The van der Waals surface area contributed by atoms with Crippen molar-refractivity contribution in [3.63, 3.8) is 0 Å². The summed E-state index contributed by atoms with van der Waals surface area (Å²) in [5.41, 5.74) is 0. The monoisotopic (exact) mass is 229 g/mol. The Morgan fingerprint density at radius 2 is 2.12 bits per heavy atom. The number of carboxylic acid groups (broad SMARTS) is 1. The zero-order chi connectivity index (χ0) is 11.8. The predicted octanol–water partition coefficient (Wildman–Crippen LogP) is 1.74. The number of ether oxygens (including phenoxy) is 1. The molecule has 1 aliphatic heterocycles. The van der Waals surface area contributed by atoms with Gasteiger partial charge >= 0.3 is 5.97 Å². The maximum Gasteiger partial charge on any atom is 0.334 e. The van der Waals surface area contributed by atoms with Gasteiger partial charge in [0.15, 0.2) is 6.10 Å². The van der Waals surface area contributed by atoms with E-state index in [4.69, 9.17) is 9.84 Å². The van der Waals surface area contributed by atoms with Crippen molar-refractivity contribution in [3.05, 3.63) is 0 Å². The van der Waals surface area contributed by atoms with Crippen molar-refractivity contribution in [1.29, 1.82) is 0 Å². The summed E-state index contributed by atoms with van der Waals surface area (Å²) >= 11 is 0. The van der Waals surface area contributed by atoms with E-state index in [0.29, 0.717) is 13.2 Å². The molecule has 16 heavy (non-hydrogen) atoms. The van der Waals surface area contributed by atoms with Crippen LogP contribution in [0.2, 0.25) is 0 Å². The molecular weight excluding hydrogens is 206 g/mol. The lowest BCUT2D eigenvalue weighted by Crippen LogP contribution is -2.46. The smallest absolute Gasteiger partial charge is 0.334 e. The molecule has 0 amide bonds. The van der Waals surface area contributed by atoms with Crippen LogP contribution in [0, 0.1) is 0 Å². The van der Waals surface area contributed by atoms with Gasteiger partial charge in [-0.25, -0.2) is 4.79 Å². The summed E-state index contributed by atoms with van der Waals surface area (Å²) in [5.74, 6) is -0.837. The minimum Gasteiger partial charge on any atom is -0.479 e. The molecule has 0 aromatic carbocycles. The Morgan fingerprint density at radius 1 is 1.38 bits per heavy atom. The van der Waals surface area contributed by atoms with E-state index in [9.17, 15) is 4.79 Å². The Hall–Kier alpha value is -0.610. The van der Waals surface area contributed by atoms with E-state index >= 15 is 0 Å². The van der Waals surface area contributed by atoms with Crippen LogP contribution in [0.15, 0.2) is 0 Å². The maximum atomic E-state index is 10.8. The number of hydrogen-bond acceptors (Lipinski definition) is 3. The second kappa shape index (κ2) is 7.63. The minimum atomic E-state index is -0.837. The Balaban J connectivity index is 2.10. The topological polar surface area (TPSA) is 49.8 Å². The number of carboxylic acids is 1. The molecule has 1 fully saturated rings. The Labute approximate surface area is 97.6 Å². The van der Waals surface area contributed by atoms with Gasteiger partial charge < -0.3 is 9.84 Å². The molecule has 1 saturated heterocycles. The van der Waals surface area contributed by atoms with Crippen molar-refractivity contribution in [2.24, 2.45) is 0 Å². The van der Waals surface area contributed by atoms with Gasteiger partial charge in [-0.05, 0) is 13.0 Å². The van der Waals surface area contributed by atoms with Crippen LogP contribution in [0.3, 0.4) is 0 Å². The average molecular weight is 229 g/mol. The van der Waals surface area contributed by atoms with E-state index in [2.05, 4.69) is 11.8 Å². The molecule has 1 N–H and O–H groups in total. The number of morpholine rings is 1. The van der Waals surface area contributed by atoms with Crippen LogP contribution in [0.5, 0.6) is 0 Å². The number of unbranched alkanes of at least 4 members (excludes halogenated alkanes) is 4. The summed E-state index contributed by atoms with van der Waals surface area (Å²) in [7, 11) is 0. The highest BCUT2D eigenvalue weighted by atomic mass is 16.5. The van der Waals surface area contributed by atoms with Crippen molar-refractivity contribution >= 4 is 5.97 Å². The molecule has 1 aliphatic rings. The first-order chi connectivity index (χ1) is 7.74. The molecule has 0 saturated carbocycles. The third-order valence-electron chi connectivity index (χ3n) is 3.00. The second-order valence-corrected chi connectivity index (χ2v) is 4.41. The van der Waals surface area contributed by atoms with Gasteiger partial charge in [0.1, 0.15) is 0 Å². The van der Waals surface area contributed by atoms with Crippen molar-refractivity contribution in [3.8, 4) is 0 Å². The number of rotatable bonds is 7. The summed E-state index contributed by atoms with van der Waals surface area (Å²) in [4.78, 5) is 13.0. The van der Waals surface area contributed by atoms with E-state index in [-0.39, 0.29) is 0 Å². The van der Waals surface area contributed by atoms with Crippen LogP contribution in [-0.2, 0) is 9.53 Å². The highest BCUT2D eigenvalue weighted by molar-refractivity contribution is 5.72. The number of hydrogen-bond donors (Lipinski definition) is 1. The van der Waals surface area contributed by atoms with E-state index in [1.165, 1.54) is 32.1 Å². The summed E-state index contributed by atoms with van der Waals surface area (Å²) in [6.45, 7) is 5.18. The molecule has 94 valence electrons. The van der Waals surface area contributed by atoms with Gasteiger partial charge in [-0.1, -0.05) is 32.6 Å². The quantitative estimate of drug-likeness (QED) is 0.676. The van der Waals surface area contributed by atoms with Crippen LogP contribution in [0.25, 0.3) is 0 Å². The summed E-state index contributed by atoms with van der Waals surface area (Å²) in [6.07, 6.45) is 5.67. The van der Waals surface area contributed by atoms with Crippen molar-refractivity contribution in [2.75, 3.05) is 26.2 Å². The second-order valence-electron chi connectivity index (χ2n) is 4.41. The van der Waals surface area contributed by atoms with Gasteiger partial charge in [-0.2, -0.15) is 0 Å². The largest absolute Gasteiger partial charge is 0.479 e. The van der Waals surface area contributed by atoms with E-state index in [1.54, 1.807) is 0 Å². The summed E-state index contributed by atoms with van der Waals surface area (Å²) < 4.78 is 5.17. The van der Waals surface area contributed by atoms with Gasteiger partial charge in [-0.3, -0.25) is 4.90 Å². The van der Waals surface area contributed by atoms with Gasteiger partial charge in [0.05, 0.1) is 6.61 Å². The highest BCUT2D eigenvalue weighted by Gasteiger charge is 2.25. The van der Waals surface area contributed by atoms with E-state index in [1.807, 2.05) is 0 Å². The molecule has 0 bridgehead atoms. The molecule has 1 unspecified atom stereocenters. The Morgan fingerprint density at radius 3 is 2.81 bits per heavy atom. The molecule has 0 aromatic heterocycles. The van der Waals surface area contributed by atoms with Crippen LogP contribution >= 0.6 is 0 Å². The lowest BCUT2D eigenvalue weighted by atomic mass is 10.1. The fourth-order valence-electron chi connectivity index (χ4n) is 1.99. The molecule has 0 aromatic rings. The molecular formula is C12H23NO3. The van der Waals surface area contributed by atoms with Gasteiger partial charge in [0.25, 0.3) is 0 Å². The number of aliphatic carboxylic acids is 1. The lowest BCUT2D eigenvalue weighted by Gasteiger charge is -2.30. The molecule has 1 rings (SSSR count). The van der Waals surface area contributed by atoms with Gasteiger partial charge in [0, 0.05) is 13.1 Å². The molecule has 0 spiro atoms. The third kappa shape index (κ3) is 4.94. The first-order valence-electron chi connectivity index (χ1n) is 6.30. The minimum absolute atomic E-state index is 0.545. The number of carbonyl (C=O) groups is 1. The van der Waals surface area contributed by atoms with Crippen LogP contribution in [0.1, 0.15) is 39.0 Å². The standard InChI is InChI=1S/C12H23NO3/c1-2-3-4-5-6-7-13-8-9-16-11(10-13)12(14)15/h11H,2-10H2,1H3,(H,14,15). The lowest BCUT2D eigenvalue weighted by molar-refractivity contribution is -0.156. The predicted molar refractivity (Wildman–Crippen MR) is 62.6 cm³/mol. The molecule has 4 heteroatoms. The van der Waals surface area contributed by atoms with Crippen molar-refractivity contribution in [1.82, 2.24) is 4.90 Å². The highest BCUT2D eigenvalue weighted by Crippen LogP contribution is 2.08. The normalized spacial score (nSPS) is 22.2. The zero-order valence-electron chi connectivity index (χ0n) is 10.2. The molecule has 4 nitrogen and oxygen atoms in total. The van der Waals surface area contributed by atoms with E-state index in [0.717, 1.165) is 13.1 Å². The third-order valence-corrected chi connectivity index (χ3v) is 3.00. The fraction of sp³-hybridized carbons (Fsp3) is 0.917. The molecule has 0 aliphatic carbocycles.